The van der Waals surface area contributed by atoms with E-state index >= 15 is 0 Å². The number of amides is 1. The fourth-order valence-corrected chi connectivity index (χ4v) is 2.68. The van der Waals surface area contributed by atoms with Crippen LogP contribution in [0.2, 0.25) is 0 Å². The molecule has 0 aliphatic heterocycles. The Morgan fingerprint density at radius 2 is 1.95 bits per heavy atom. The number of carbonyl (C=O) groups is 2. The van der Waals surface area contributed by atoms with Crippen molar-refractivity contribution < 1.29 is 19.4 Å². The van der Waals surface area contributed by atoms with Crippen molar-refractivity contribution in [2.45, 2.75) is 38.5 Å². The molecule has 5 nitrogen and oxygen atoms in total. The Kier molecular flexibility index (Phi) is 5.60. The number of anilines is 1. The maximum absolute atomic E-state index is 12.0. The molecule has 0 bridgehead atoms. The number of carbonyl (C=O) groups excluding carboxylic acids is 1. The number of rotatable bonds is 7. The minimum atomic E-state index is -1.04. The molecule has 1 aromatic rings. The molecular formula is C16H21NO4. The summed E-state index contributed by atoms with van der Waals surface area (Å²) in [6, 6.07) is 6.88. The van der Waals surface area contributed by atoms with Crippen molar-refractivity contribution in [3.63, 3.8) is 0 Å². The number of nitrogens with one attached hydrogen (secondary N) is 1. The molecule has 0 heterocycles. The lowest BCUT2D eigenvalue weighted by Crippen LogP contribution is -2.15. The average Bonchev–Trinajstić information content (AvgIpc) is 2.97. The fraction of sp³-hybridized carbons (Fsp3) is 0.500. The van der Waals surface area contributed by atoms with E-state index in [1.165, 1.54) is 25.7 Å². The Morgan fingerprint density at radius 3 is 2.67 bits per heavy atom. The molecule has 1 amide bonds. The third-order valence-electron chi connectivity index (χ3n) is 3.77. The topological polar surface area (TPSA) is 75.6 Å². The van der Waals surface area contributed by atoms with Crippen LogP contribution in [-0.2, 0) is 9.59 Å². The predicted octanol–water partition coefficient (Wildman–Crippen LogP) is 3.06. The van der Waals surface area contributed by atoms with Crippen LogP contribution in [0, 0.1) is 5.92 Å². The summed E-state index contributed by atoms with van der Waals surface area (Å²) in [6.45, 7) is -0.422. The molecule has 114 valence electrons. The highest BCUT2D eigenvalue weighted by molar-refractivity contribution is 5.92. The molecule has 21 heavy (non-hydrogen) atoms. The van der Waals surface area contributed by atoms with Crippen LogP contribution in [0.1, 0.15) is 38.5 Å². The molecule has 1 aromatic carbocycles. The van der Waals surface area contributed by atoms with E-state index in [2.05, 4.69) is 5.32 Å². The number of carboxylic acids is 1. The van der Waals surface area contributed by atoms with Gasteiger partial charge in [-0.15, -0.1) is 0 Å². The van der Waals surface area contributed by atoms with E-state index in [-0.39, 0.29) is 5.91 Å². The van der Waals surface area contributed by atoms with Gasteiger partial charge in [0, 0.05) is 6.42 Å². The lowest BCUT2D eigenvalue weighted by Gasteiger charge is -2.12. The molecule has 1 aliphatic carbocycles. The normalized spacial score (nSPS) is 14.9. The van der Waals surface area contributed by atoms with Crippen LogP contribution in [0.4, 0.5) is 5.69 Å². The van der Waals surface area contributed by atoms with Crippen LogP contribution >= 0.6 is 0 Å². The van der Waals surface area contributed by atoms with Crippen molar-refractivity contribution in [2.24, 2.45) is 5.92 Å². The molecular weight excluding hydrogens is 270 g/mol. The van der Waals surface area contributed by atoms with Crippen molar-refractivity contribution in [2.75, 3.05) is 11.9 Å². The highest BCUT2D eigenvalue weighted by Crippen LogP contribution is 2.29. The first kappa shape index (κ1) is 15.4. The SMILES string of the molecule is O=C(O)COc1ccccc1NC(=O)CCC1CCCC1. The van der Waals surface area contributed by atoms with Crippen molar-refractivity contribution in [3.05, 3.63) is 24.3 Å². The molecule has 1 saturated carbocycles. The standard InChI is InChI=1S/C16H21NO4/c18-15(10-9-12-5-1-2-6-12)17-13-7-3-4-8-14(13)21-11-16(19)20/h3-4,7-8,12H,1-2,5-6,9-11H2,(H,17,18)(H,19,20). The van der Waals surface area contributed by atoms with E-state index in [9.17, 15) is 9.59 Å². The number of ether oxygens (including phenoxy) is 1. The number of aliphatic carboxylic acids is 1. The minimum absolute atomic E-state index is 0.0479. The first-order valence-corrected chi connectivity index (χ1v) is 7.38. The Labute approximate surface area is 124 Å². The van der Waals surface area contributed by atoms with Gasteiger partial charge in [-0.1, -0.05) is 37.8 Å². The Bertz CT molecular complexity index is 495. The van der Waals surface area contributed by atoms with Crippen LogP contribution in [0.5, 0.6) is 5.75 Å². The van der Waals surface area contributed by atoms with E-state index in [1.807, 2.05) is 0 Å². The molecule has 1 fully saturated rings. The number of carboxylic acid groups (broad SMARTS) is 1. The number of hydrogen-bond donors (Lipinski definition) is 2. The quantitative estimate of drug-likeness (QED) is 0.809. The van der Waals surface area contributed by atoms with Crippen LogP contribution in [0.25, 0.3) is 0 Å². The summed E-state index contributed by atoms with van der Waals surface area (Å²) >= 11 is 0. The van der Waals surface area contributed by atoms with E-state index in [0.717, 1.165) is 6.42 Å². The van der Waals surface area contributed by atoms with Gasteiger partial charge >= 0.3 is 5.97 Å². The highest BCUT2D eigenvalue weighted by Gasteiger charge is 2.16. The summed E-state index contributed by atoms with van der Waals surface area (Å²) < 4.78 is 5.16. The van der Waals surface area contributed by atoms with Crippen LogP contribution in [-0.4, -0.2) is 23.6 Å². The van der Waals surface area contributed by atoms with Crippen LogP contribution in [0.3, 0.4) is 0 Å². The van der Waals surface area contributed by atoms with Gasteiger partial charge in [0.25, 0.3) is 0 Å². The third-order valence-corrected chi connectivity index (χ3v) is 3.77. The van der Waals surface area contributed by atoms with Gasteiger partial charge in [-0.25, -0.2) is 4.79 Å². The van der Waals surface area contributed by atoms with Crippen molar-refractivity contribution in [3.8, 4) is 5.75 Å². The van der Waals surface area contributed by atoms with Gasteiger partial charge in [0.05, 0.1) is 5.69 Å². The third kappa shape index (κ3) is 5.10. The largest absolute Gasteiger partial charge is 0.480 e. The maximum Gasteiger partial charge on any atom is 0.341 e. The van der Waals surface area contributed by atoms with E-state index in [0.29, 0.717) is 23.8 Å². The van der Waals surface area contributed by atoms with E-state index in [4.69, 9.17) is 9.84 Å². The molecule has 1 aliphatic rings. The van der Waals surface area contributed by atoms with Crippen LogP contribution < -0.4 is 10.1 Å². The Hall–Kier alpha value is -2.04. The number of para-hydroxylation sites is 2. The van der Waals surface area contributed by atoms with E-state index < -0.39 is 12.6 Å². The van der Waals surface area contributed by atoms with E-state index in [1.54, 1.807) is 24.3 Å². The molecule has 5 heteroatoms. The summed E-state index contributed by atoms with van der Waals surface area (Å²) in [5.41, 5.74) is 0.523. The smallest absolute Gasteiger partial charge is 0.341 e. The lowest BCUT2D eigenvalue weighted by atomic mass is 10.0. The first-order valence-electron chi connectivity index (χ1n) is 7.38. The lowest BCUT2D eigenvalue weighted by molar-refractivity contribution is -0.139. The first-order chi connectivity index (χ1) is 10.1. The fourth-order valence-electron chi connectivity index (χ4n) is 2.68. The molecule has 2 rings (SSSR count). The minimum Gasteiger partial charge on any atom is -0.480 e. The molecule has 0 aromatic heterocycles. The average molecular weight is 291 g/mol. The van der Waals surface area contributed by atoms with Gasteiger partial charge in [-0.2, -0.15) is 0 Å². The summed E-state index contributed by atoms with van der Waals surface area (Å²) in [5.74, 6) is -0.0333. The Balaban J connectivity index is 1.85. The zero-order chi connectivity index (χ0) is 15.1. The van der Waals surface area contributed by atoms with Gasteiger partial charge in [-0.05, 0) is 24.5 Å². The van der Waals surface area contributed by atoms with Crippen molar-refractivity contribution in [1.82, 2.24) is 0 Å². The summed E-state index contributed by atoms with van der Waals surface area (Å²) in [6.07, 6.45) is 6.43. The zero-order valence-corrected chi connectivity index (χ0v) is 12.0. The number of hydrogen-bond acceptors (Lipinski definition) is 3. The summed E-state index contributed by atoms with van der Waals surface area (Å²) in [5, 5.41) is 11.4. The van der Waals surface area contributed by atoms with Gasteiger partial charge < -0.3 is 15.2 Å². The molecule has 0 atom stereocenters. The second-order valence-corrected chi connectivity index (χ2v) is 5.42. The maximum atomic E-state index is 12.0. The highest BCUT2D eigenvalue weighted by atomic mass is 16.5. The van der Waals surface area contributed by atoms with Gasteiger partial charge in [0.15, 0.2) is 6.61 Å². The molecule has 0 saturated heterocycles. The predicted molar refractivity (Wildman–Crippen MR) is 79.4 cm³/mol. The van der Waals surface area contributed by atoms with Gasteiger partial charge in [0.2, 0.25) is 5.91 Å². The zero-order valence-electron chi connectivity index (χ0n) is 12.0. The Morgan fingerprint density at radius 1 is 1.24 bits per heavy atom. The van der Waals surface area contributed by atoms with Gasteiger partial charge in [-0.3, -0.25) is 4.79 Å². The molecule has 0 radical (unpaired) electrons. The van der Waals surface area contributed by atoms with Crippen molar-refractivity contribution >= 4 is 17.6 Å². The monoisotopic (exact) mass is 291 g/mol. The van der Waals surface area contributed by atoms with Gasteiger partial charge in [0.1, 0.15) is 5.75 Å². The second-order valence-electron chi connectivity index (χ2n) is 5.42. The summed E-state index contributed by atoms with van der Waals surface area (Å²) in [4.78, 5) is 22.5. The molecule has 0 spiro atoms. The molecule has 2 N–H and O–H groups in total. The summed E-state index contributed by atoms with van der Waals surface area (Å²) in [7, 11) is 0. The second kappa shape index (κ2) is 7.67. The number of benzene rings is 1. The van der Waals surface area contributed by atoms with Crippen molar-refractivity contribution in [1.29, 1.82) is 0 Å². The molecule has 0 unspecified atom stereocenters. The van der Waals surface area contributed by atoms with Crippen LogP contribution in [0.15, 0.2) is 24.3 Å².